The van der Waals surface area contributed by atoms with E-state index in [0.717, 1.165) is 12.1 Å². The predicted octanol–water partition coefficient (Wildman–Crippen LogP) is 3.96. The standard InChI is InChI=1S/C20H22F3N7O2/c1-19(2,3)32-18(31)25-10-15(27-13-6-4-12(5-7-13)20(21,22)23)17-28-16(29-30-17)14-8-9-24-11-26-14/h4-9,11,15,27H,10H2,1-3H3,(H,25,31)(H,28,29,30). The highest BCUT2D eigenvalue weighted by Crippen LogP contribution is 2.30. The molecular weight excluding hydrogens is 427 g/mol. The first-order valence-electron chi connectivity index (χ1n) is 9.60. The molecule has 0 aliphatic carbocycles. The van der Waals surface area contributed by atoms with Gasteiger partial charge in [-0.1, -0.05) is 0 Å². The van der Waals surface area contributed by atoms with Gasteiger partial charge in [0.25, 0.3) is 0 Å². The molecule has 0 fully saturated rings. The lowest BCUT2D eigenvalue weighted by Gasteiger charge is -2.22. The molecular formula is C20H22F3N7O2. The minimum atomic E-state index is -4.44. The first kappa shape index (κ1) is 23.0. The number of nitrogens with zero attached hydrogens (tertiary/aromatic N) is 4. The second kappa shape index (κ2) is 9.20. The molecule has 9 nitrogen and oxygen atoms in total. The van der Waals surface area contributed by atoms with Crippen molar-refractivity contribution in [3.8, 4) is 11.5 Å². The van der Waals surface area contributed by atoms with E-state index in [-0.39, 0.29) is 6.54 Å². The van der Waals surface area contributed by atoms with Gasteiger partial charge >= 0.3 is 12.3 Å². The number of alkyl halides is 3. The van der Waals surface area contributed by atoms with E-state index in [9.17, 15) is 18.0 Å². The van der Waals surface area contributed by atoms with Crippen LogP contribution >= 0.6 is 0 Å². The summed E-state index contributed by atoms with van der Waals surface area (Å²) in [7, 11) is 0. The third-order valence-corrected chi connectivity index (χ3v) is 4.05. The molecule has 32 heavy (non-hydrogen) atoms. The van der Waals surface area contributed by atoms with E-state index in [1.165, 1.54) is 18.5 Å². The molecule has 1 amide bonds. The topological polar surface area (TPSA) is 118 Å². The summed E-state index contributed by atoms with van der Waals surface area (Å²) in [6.45, 7) is 5.22. The van der Waals surface area contributed by atoms with Crippen molar-refractivity contribution in [2.45, 2.75) is 38.6 Å². The van der Waals surface area contributed by atoms with Crippen molar-refractivity contribution in [2.24, 2.45) is 0 Å². The number of ether oxygens (including phenoxy) is 1. The zero-order valence-electron chi connectivity index (χ0n) is 17.6. The lowest BCUT2D eigenvalue weighted by atomic mass is 10.2. The fourth-order valence-corrected chi connectivity index (χ4v) is 2.64. The Hall–Kier alpha value is -3.70. The number of nitrogens with one attached hydrogen (secondary N) is 3. The Morgan fingerprint density at radius 1 is 1.16 bits per heavy atom. The number of aromatic amines is 1. The summed E-state index contributed by atoms with van der Waals surface area (Å²) in [4.78, 5) is 24.4. The molecule has 0 spiro atoms. The number of hydrogen-bond acceptors (Lipinski definition) is 7. The third-order valence-electron chi connectivity index (χ3n) is 4.05. The Morgan fingerprint density at radius 3 is 2.47 bits per heavy atom. The van der Waals surface area contributed by atoms with Gasteiger partial charge in [-0.25, -0.2) is 19.7 Å². The fourth-order valence-electron chi connectivity index (χ4n) is 2.64. The zero-order chi connectivity index (χ0) is 23.4. The van der Waals surface area contributed by atoms with Gasteiger partial charge in [0.1, 0.15) is 29.5 Å². The minimum absolute atomic E-state index is 0.0222. The lowest BCUT2D eigenvalue weighted by Crippen LogP contribution is -2.36. The maximum absolute atomic E-state index is 12.8. The van der Waals surface area contributed by atoms with Crippen LogP contribution in [0.5, 0.6) is 0 Å². The number of carbonyl (C=O) groups excluding carboxylic acids is 1. The molecule has 0 saturated heterocycles. The van der Waals surface area contributed by atoms with Crippen LogP contribution in [0.4, 0.5) is 23.7 Å². The number of hydrogen-bond donors (Lipinski definition) is 3. The van der Waals surface area contributed by atoms with Crippen LogP contribution in [0.3, 0.4) is 0 Å². The monoisotopic (exact) mass is 449 g/mol. The van der Waals surface area contributed by atoms with E-state index in [4.69, 9.17) is 4.74 Å². The number of benzene rings is 1. The van der Waals surface area contributed by atoms with E-state index in [1.54, 1.807) is 33.0 Å². The molecule has 1 atom stereocenters. The molecule has 3 N–H and O–H groups in total. The van der Waals surface area contributed by atoms with Crippen LogP contribution in [0.25, 0.3) is 11.5 Å². The number of anilines is 1. The Labute approximate surface area is 181 Å². The Bertz CT molecular complexity index is 1030. The highest BCUT2D eigenvalue weighted by Gasteiger charge is 2.30. The molecule has 3 aromatic rings. The van der Waals surface area contributed by atoms with Crippen LogP contribution in [0.15, 0.2) is 42.9 Å². The first-order valence-corrected chi connectivity index (χ1v) is 9.60. The molecule has 12 heteroatoms. The van der Waals surface area contributed by atoms with Gasteiger partial charge in [0, 0.05) is 18.4 Å². The molecule has 0 aliphatic heterocycles. The van der Waals surface area contributed by atoms with Gasteiger partial charge in [0.05, 0.1) is 5.56 Å². The Kier molecular flexibility index (Phi) is 6.61. The quantitative estimate of drug-likeness (QED) is 0.521. The van der Waals surface area contributed by atoms with E-state index in [1.807, 2.05) is 0 Å². The highest BCUT2D eigenvalue weighted by molar-refractivity contribution is 5.67. The van der Waals surface area contributed by atoms with E-state index in [2.05, 4.69) is 35.8 Å². The van der Waals surface area contributed by atoms with Gasteiger partial charge in [-0.15, -0.1) is 0 Å². The summed E-state index contributed by atoms with van der Waals surface area (Å²) in [6, 6.07) is 5.50. The van der Waals surface area contributed by atoms with Crippen LogP contribution < -0.4 is 10.6 Å². The zero-order valence-corrected chi connectivity index (χ0v) is 17.6. The van der Waals surface area contributed by atoms with Crippen molar-refractivity contribution in [3.05, 3.63) is 54.2 Å². The van der Waals surface area contributed by atoms with E-state index in [0.29, 0.717) is 23.0 Å². The number of alkyl carbamates (subject to hydrolysis) is 1. The second-order valence-corrected chi connectivity index (χ2v) is 7.79. The molecule has 0 bridgehead atoms. The lowest BCUT2D eigenvalue weighted by molar-refractivity contribution is -0.137. The van der Waals surface area contributed by atoms with Crippen LogP contribution in [0.2, 0.25) is 0 Å². The van der Waals surface area contributed by atoms with Gasteiger partial charge in [-0.3, -0.25) is 5.10 Å². The number of H-pyrrole nitrogens is 1. The van der Waals surface area contributed by atoms with Crippen LogP contribution in [0, 0.1) is 0 Å². The number of carbonyl (C=O) groups is 1. The molecule has 2 heterocycles. The average molecular weight is 449 g/mol. The smallest absolute Gasteiger partial charge is 0.416 e. The molecule has 170 valence electrons. The molecule has 3 rings (SSSR count). The number of aromatic nitrogens is 5. The Morgan fingerprint density at radius 2 is 1.88 bits per heavy atom. The second-order valence-electron chi connectivity index (χ2n) is 7.79. The molecule has 0 aliphatic rings. The maximum Gasteiger partial charge on any atom is 0.416 e. The van der Waals surface area contributed by atoms with Crippen molar-refractivity contribution >= 4 is 11.8 Å². The molecule has 1 unspecified atom stereocenters. The van der Waals surface area contributed by atoms with Gasteiger partial charge in [-0.2, -0.15) is 18.3 Å². The molecule has 0 radical (unpaired) electrons. The number of halogens is 3. The largest absolute Gasteiger partial charge is 0.444 e. The van der Waals surface area contributed by atoms with Gasteiger partial charge in [-0.05, 0) is 51.1 Å². The molecule has 1 aromatic carbocycles. The first-order chi connectivity index (χ1) is 15.0. The van der Waals surface area contributed by atoms with Crippen molar-refractivity contribution in [3.63, 3.8) is 0 Å². The number of amides is 1. The third kappa shape index (κ3) is 6.40. The van der Waals surface area contributed by atoms with Gasteiger partial charge in [0.2, 0.25) is 0 Å². The van der Waals surface area contributed by atoms with Crippen molar-refractivity contribution in [1.82, 2.24) is 30.5 Å². The summed E-state index contributed by atoms with van der Waals surface area (Å²) in [6.07, 6.45) is -2.19. The summed E-state index contributed by atoms with van der Waals surface area (Å²) in [5.74, 6) is 0.647. The number of rotatable bonds is 6. The SMILES string of the molecule is CC(C)(C)OC(=O)NCC(Nc1ccc(C(F)(F)F)cc1)c1nc(-c2ccncn2)n[nH]1. The van der Waals surface area contributed by atoms with E-state index < -0.39 is 29.5 Å². The van der Waals surface area contributed by atoms with Crippen molar-refractivity contribution in [2.75, 3.05) is 11.9 Å². The summed E-state index contributed by atoms with van der Waals surface area (Å²) in [5, 5.41) is 12.6. The van der Waals surface area contributed by atoms with E-state index >= 15 is 0 Å². The molecule has 2 aromatic heterocycles. The summed E-state index contributed by atoms with van der Waals surface area (Å²) >= 11 is 0. The van der Waals surface area contributed by atoms with Crippen LogP contribution in [0.1, 0.15) is 38.2 Å². The predicted molar refractivity (Wildman–Crippen MR) is 109 cm³/mol. The van der Waals surface area contributed by atoms with Crippen molar-refractivity contribution in [1.29, 1.82) is 0 Å². The minimum Gasteiger partial charge on any atom is -0.444 e. The van der Waals surface area contributed by atoms with Crippen LogP contribution in [-0.4, -0.2) is 43.4 Å². The van der Waals surface area contributed by atoms with Gasteiger partial charge < -0.3 is 15.4 Å². The normalized spacial score (nSPS) is 12.8. The average Bonchev–Trinajstić information content (AvgIpc) is 3.20. The van der Waals surface area contributed by atoms with Gasteiger partial charge in [0.15, 0.2) is 5.82 Å². The summed E-state index contributed by atoms with van der Waals surface area (Å²) in [5.41, 5.74) is -0.575. The summed E-state index contributed by atoms with van der Waals surface area (Å²) < 4.78 is 43.8. The Balaban J connectivity index is 1.80. The van der Waals surface area contributed by atoms with Crippen LogP contribution in [-0.2, 0) is 10.9 Å². The maximum atomic E-state index is 12.8. The highest BCUT2D eigenvalue weighted by atomic mass is 19.4. The van der Waals surface area contributed by atoms with Crippen molar-refractivity contribution < 1.29 is 22.7 Å². The molecule has 0 saturated carbocycles. The fraction of sp³-hybridized carbons (Fsp3) is 0.350.